The summed E-state index contributed by atoms with van der Waals surface area (Å²) >= 11 is 0. The van der Waals surface area contributed by atoms with E-state index >= 15 is 0 Å². The SMILES string of the molecule is CC1CCCN(C(c2cc3cc4c(cc3[nH]c2=O)OCO4)c2nnnn2CC2CCCO2)C1. The first-order valence-electron chi connectivity index (χ1n) is 11.7. The number of pyridine rings is 1. The molecule has 3 unspecified atom stereocenters. The predicted molar refractivity (Wildman–Crippen MR) is 119 cm³/mol. The lowest BCUT2D eigenvalue weighted by molar-refractivity contribution is 0.0889. The zero-order chi connectivity index (χ0) is 22.4. The number of tetrazole rings is 1. The second-order valence-corrected chi connectivity index (χ2v) is 9.35. The Hall–Kier alpha value is -2.98. The van der Waals surface area contributed by atoms with Crippen molar-refractivity contribution in [3.63, 3.8) is 0 Å². The maximum atomic E-state index is 13.4. The molecule has 2 fully saturated rings. The minimum atomic E-state index is -0.345. The monoisotopic (exact) mass is 452 g/mol. The van der Waals surface area contributed by atoms with Gasteiger partial charge in [0.1, 0.15) is 6.04 Å². The smallest absolute Gasteiger partial charge is 0.253 e. The van der Waals surface area contributed by atoms with E-state index in [-0.39, 0.29) is 24.5 Å². The van der Waals surface area contributed by atoms with Gasteiger partial charge in [0.2, 0.25) is 6.79 Å². The molecule has 3 aliphatic heterocycles. The summed E-state index contributed by atoms with van der Waals surface area (Å²) in [5.74, 6) is 2.56. The van der Waals surface area contributed by atoms with Gasteiger partial charge < -0.3 is 19.2 Å². The second-order valence-electron chi connectivity index (χ2n) is 9.35. The highest BCUT2D eigenvalue weighted by molar-refractivity contribution is 5.83. The van der Waals surface area contributed by atoms with Gasteiger partial charge in [0.15, 0.2) is 17.3 Å². The Morgan fingerprint density at radius 3 is 2.88 bits per heavy atom. The van der Waals surface area contributed by atoms with Crippen LogP contribution in [0.25, 0.3) is 10.9 Å². The van der Waals surface area contributed by atoms with Crippen LogP contribution < -0.4 is 15.0 Å². The van der Waals surface area contributed by atoms with Crippen LogP contribution in [0, 0.1) is 5.92 Å². The number of piperidine rings is 1. The van der Waals surface area contributed by atoms with E-state index in [1.54, 1.807) is 0 Å². The lowest BCUT2D eigenvalue weighted by Crippen LogP contribution is -2.41. The number of ether oxygens (including phenoxy) is 3. The van der Waals surface area contributed by atoms with Gasteiger partial charge in [-0.05, 0) is 60.7 Å². The molecule has 6 rings (SSSR count). The van der Waals surface area contributed by atoms with Crippen LogP contribution in [-0.2, 0) is 11.3 Å². The van der Waals surface area contributed by atoms with Crippen LogP contribution in [0.4, 0.5) is 0 Å². The van der Waals surface area contributed by atoms with E-state index < -0.39 is 0 Å². The zero-order valence-corrected chi connectivity index (χ0v) is 18.7. The molecule has 3 atom stereocenters. The fourth-order valence-corrected chi connectivity index (χ4v) is 5.29. The number of rotatable bonds is 5. The van der Waals surface area contributed by atoms with Gasteiger partial charge in [0, 0.05) is 30.2 Å². The summed E-state index contributed by atoms with van der Waals surface area (Å²) in [5, 5.41) is 13.6. The minimum absolute atomic E-state index is 0.0998. The summed E-state index contributed by atoms with van der Waals surface area (Å²) in [6.45, 7) is 5.58. The van der Waals surface area contributed by atoms with Crippen LogP contribution in [0.3, 0.4) is 0 Å². The molecule has 174 valence electrons. The van der Waals surface area contributed by atoms with Crippen LogP contribution in [0.5, 0.6) is 11.5 Å². The topological polar surface area (TPSA) is 107 Å². The first-order chi connectivity index (χ1) is 16.2. The number of hydrogen-bond donors (Lipinski definition) is 1. The van der Waals surface area contributed by atoms with Gasteiger partial charge in [-0.3, -0.25) is 9.69 Å². The summed E-state index contributed by atoms with van der Waals surface area (Å²) in [6.07, 6.45) is 4.41. The van der Waals surface area contributed by atoms with Gasteiger partial charge in [0.05, 0.1) is 18.2 Å². The molecule has 3 aromatic rings. The van der Waals surface area contributed by atoms with E-state index in [2.05, 4.69) is 32.3 Å². The number of nitrogens with zero attached hydrogens (tertiary/aromatic N) is 5. The highest BCUT2D eigenvalue weighted by Crippen LogP contribution is 2.37. The van der Waals surface area contributed by atoms with Crippen molar-refractivity contribution in [3.05, 3.63) is 39.9 Å². The number of likely N-dealkylation sites (tertiary alicyclic amines) is 1. The van der Waals surface area contributed by atoms with Gasteiger partial charge in [0.25, 0.3) is 5.56 Å². The summed E-state index contributed by atoms with van der Waals surface area (Å²) in [6, 6.07) is 5.35. The maximum absolute atomic E-state index is 13.4. The standard InChI is InChI=1S/C23H28N6O4/c1-14-4-2-6-28(11-14)21(22-25-26-27-29(22)12-16-5-3-7-31-16)17-8-15-9-19-20(33-13-32-19)10-18(15)24-23(17)30/h8-10,14,16,21H,2-7,11-13H2,1H3,(H,24,30). The quantitative estimate of drug-likeness (QED) is 0.628. The Kier molecular flexibility index (Phi) is 5.26. The number of H-pyrrole nitrogens is 1. The van der Waals surface area contributed by atoms with Crippen LogP contribution in [0.2, 0.25) is 0 Å². The Labute approximate surface area is 190 Å². The first-order valence-corrected chi connectivity index (χ1v) is 11.7. The van der Waals surface area contributed by atoms with Crippen molar-refractivity contribution in [1.29, 1.82) is 0 Å². The Balaban J connectivity index is 1.45. The van der Waals surface area contributed by atoms with Crippen LogP contribution in [0.15, 0.2) is 23.0 Å². The van der Waals surface area contributed by atoms with Gasteiger partial charge in [-0.2, -0.15) is 0 Å². The second kappa shape index (κ2) is 8.42. The molecule has 5 heterocycles. The molecule has 0 spiro atoms. The third-order valence-corrected chi connectivity index (χ3v) is 6.92. The molecule has 0 aliphatic carbocycles. The maximum Gasteiger partial charge on any atom is 0.253 e. The number of hydrogen-bond acceptors (Lipinski definition) is 8. The number of aromatic nitrogens is 5. The summed E-state index contributed by atoms with van der Waals surface area (Å²) in [4.78, 5) is 18.8. The largest absolute Gasteiger partial charge is 0.454 e. The van der Waals surface area contributed by atoms with Gasteiger partial charge in [-0.25, -0.2) is 4.68 Å². The average Bonchev–Trinajstić information content (AvgIpc) is 3.56. The molecule has 10 heteroatoms. The van der Waals surface area contributed by atoms with E-state index in [0.717, 1.165) is 49.9 Å². The van der Waals surface area contributed by atoms with Crippen molar-refractivity contribution < 1.29 is 14.2 Å². The third-order valence-electron chi connectivity index (χ3n) is 6.92. The van der Waals surface area contributed by atoms with Crippen molar-refractivity contribution in [2.24, 2.45) is 5.92 Å². The van der Waals surface area contributed by atoms with E-state index in [9.17, 15) is 4.79 Å². The summed E-state index contributed by atoms with van der Waals surface area (Å²) in [7, 11) is 0. The molecule has 0 saturated carbocycles. The highest BCUT2D eigenvalue weighted by Gasteiger charge is 2.33. The predicted octanol–water partition coefficient (Wildman–Crippen LogP) is 2.24. The zero-order valence-electron chi connectivity index (χ0n) is 18.7. The van der Waals surface area contributed by atoms with Crippen molar-refractivity contribution in [2.75, 3.05) is 26.5 Å². The molecule has 0 amide bonds. The van der Waals surface area contributed by atoms with Crippen molar-refractivity contribution >= 4 is 10.9 Å². The van der Waals surface area contributed by atoms with E-state index in [1.807, 2.05) is 22.9 Å². The van der Waals surface area contributed by atoms with Crippen molar-refractivity contribution in [3.8, 4) is 11.5 Å². The highest BCUT2D eigenvalue weighted by atomic mass is 16.7. The van der Waals surface area contributed by atoms with Crippen LogP contribution >= 0.6 is 0 Å². The Morgan fingerprint density at radius 2 is 2.06 bits per heavy atom. The van der Waals surface area contributed by atoms with Crippen molar-refractivity contribution in [2.45, 2.75) is 51.3 Å². The summed E-state index contributed by atoms with van der Waals surface area (Å²) in [5.41, 5.74) is 1.22. The molecule has 2 aromatic heterocycles. The average molecular weight is 453 g/mol. The van der Waals surface area contributed by atoms with E-state index in [4.69, 9.17) is 14.2 Å². The van der Waals surface area contributed by atoms with E-state index in [1.165, 1.54) is 6.42 Å². The fraction of sp³-hybridized carbons (Fsp3) is 0.565. The Morgan fingerprint density at radius 1 is 1.18 bits per heavy atom. The number of nitrogens with one attached hydrogen (secondary N) is 1. The van der Waals surface area contributed by atoms with Gasteiger partial charge in [-0.15, -0.1) is 5.10 Å². The molecule has 33 heavy (non-hydrogen) atoms. The van der Waals surface area contributed by atoms with Gasteiger partial charge in [-0.1, -0.05) is 6.92 Å². The van der Waals surface area contributed by atoms with Crippen LogP contribution in [0.1, 0.15) is 50.0 Å². The fourth-order valence-electron chi connectivity index (χ4n) is 5.29. The van der Waals surface area contributed by atoms with Gasteiger partial charge >= 0.3 is 0 Å². The number of benzene rings is 1. The molecular formula is C23H28N6O4. The molecular weight excluding hydrogens is 424 g/mol. The minimum Gasteiger partial charge on any atom is -0.454 e. The molecule has 0 bridgehead atoms. The lowest BCUT2D eigenvalue weighted by atomic mass is 9.95. The molecule has 0 radical (unpaired) electrons. The molecule has 1 N–H and O–H groups in total. The number of fused-ring (bicyclic) bond motifs is 2. The lowest BCUT2D eigenvalue weighted by Gasteiger charge is -2.36. The third kappa shape index (κ3) is 3.87. The Bertz CT molecular complexity index is 1220. The molecule has 10 nitrogen and oxygen atoms in total. The number of aromatic amines is 1. The molecule has 1 aromatic carbocycles. The van der Waals surface area contributed by atoms with E-state index in [0.29, 0.717) is 35.3 Å². The summed E-state index contributed by atoms with van der Waals surface area (Å²) < 4.78 is 18.7. The molecule has 3 aliphatic rings. The van der Waals surface area contributed by atoms with Crippen LogP contribution in [-0.4, -0.2) is 62.7 Å². The first kappa shape index (κ1) is 20.6. The molecule has 2 saturated heterocycles. The normalized spacial score (nSPS) is 23.9. The van der Waals surface area contributed by atoms with Crippen molar-refractivity contribution in [1.82, 2.24) is 30.1 Å².